The van der Waals surface area contributed by atoms with Crippen molar-refractivity contribution in [2.45, 2.75) is 19.6 Å². The molecule has 0 unspecified atom stereocenters. The van der Waals surface area contributed by atoms with Crippen molar-refractivity contribution in [1.29, 1.82) is 0 Å². The number of pyridine rings is 1. The van der Waals surface area contributed by atoms with Crippen LogP contribution in [0.25, 0.3) is 0 Å². The lowest BCUT2D eigenvalue weighted by Crippen LogP contribution is -2.27. The van der Waals surface area contributed by atoms with Crippen molar-refractivity contribution in [3.05, 3.63) is 64.5 Å². The highest BCUT2D eigenvalue weighted by molar-refractivity contribution is 5.95. The topological polar surface area (TPSA) is 42.0 Å². The maximum absolute atomic E-state index is 13.5. The van der Waals surface area contributed by atoms with Crippen LogP contribution in [-0.4, -0.2) is 10.9 Å². The van der Waals surface area contributed by atoms with Crippen molar-refractivity contribution in [2.24, 2.45) is 0 Å². The molecule has 0 aliphatic rings. The fourth-order valence-corrected chi connectivity index (χ4v) is 1.91. The second-order valence-electron chi connectivity index (χ2n) is 4.79. The minimum absolute atomic E-state index is 0.248. The van der Waals surface area contributed by atoms with Crippen LogP contribution in [0.5, 0.6) is 0 Å². The summed E-state index contributed by atoms with van der Waals surface area (Å²) in [6.45, 7) is 1.29. The second kappa shape index (κ2) is 6.31. The molecule has 0 aliphatic heterocycles. The molecule has 1 amide bonds. The number of aryl methyl sites for hydroxylation is 1. The van der Waals surface area contributed by atoms with Crippen molar-refractivity contribution in [1.82, 2.24) is 10.3 Å². The summed E-state index contributed by atoms with van der Waals surface area (Å²) in [4.78, 5) is 14.9. The van der Waals surface area contributed by atoms with Gasteiger partial charge in [-0.3, -0.25) is 4.79 Å². The van der Waals surface area contributed by atoms with E-state index in [0.29, 0.717) is 23.4 Å². The molecule has 0 bridgehead atoms. The molecule has 3 nitrogen and oxygen atoms in total. The monoisotopic (exact) mass is 330 g/mol. The number of carbonyl (C=O) groups excluding carboxylic acids is 1. The van der Waals surface area contributed by atoms with Crippen LogP contribution in [0, 0.1) is 18.7 Å². The predicted molar refractivity (Wildman–Crippen MR) is 71.5 cm³/mol. The van der Waals surface area contributed by atoms with Crippen LogP contribution >= 0.6 is 0 Å². The fourth-order valence-electron chi connectivity index (χ4n) is 1.91. The highest BCUT2D eigenvalue weighted by atomic mass is 19.4. The maximum Gasteiger partial charge on any atom is 0.417 e. The van der Waals surface area contributed by atoms with Crippen LogP contribution in [0.15, 0.2) is 30.5 Å². The lowest BCUT2D eigenvalue weighted by Gasteiger charge is -2.13. The Morgan fingerprint density at radius 2 is 1.91 bits per heavy atom. The largest absolute Gasteiger partial charge is 0.417 e. The number of benzene rings is 1. The van der Waals surface area contributed by atoms with E-state index in [0.717, 1.165) is 6.07 Å². The van der Waals surface area contributed by atoms with E-state index in [-0.39, 0.29) is 6.54 Å². The van der Waals surface area contributed by atoms with Gasteiger partial charge in [0, 0.05) is 12.7 Å². The van der Waals surface area contributed by atoms with Crippen LogP contribution in [-0.2, 0) is 12.7 Å². The molecule has 1 N–H and O–H groups in total. The Hall–Kier alpha value is -2.51. The van der Waals surface area contributed by atoms with Gasteiger partial charge in [-0.2, -0.15) is 17.6 Å². The van der Waals surface area contributed by atoms with Gasteiger partial charge >= 0.3 is 6.18 Å². The first kappa shape index (κ1) is 16.9. The Labute approximate surface area is 128 Å². The van der Waals surface area contributed by atoms with Crippen LogP contribution < -0.4 is 5.32 Å². The Morgan fingerprint density at radius 1 is 1.22 bits per heavy atom. The summed E-state index contributed by atoms with van der Waals surface area (Å²) in [7, 11) is 0. The van der Waals surface area contributed by atoms with Crippen LogP contribution in [0.2, 0.25) is 0 Å². The second-order valence-corrected chi connectivity index (χ2v) is 4.79. The van der Waals surface area contributed by atoms with Crippen molar-refractivity contribution in [3.63, 3.8) is 0 Å². The highest BCUT2D eigenvalue weighted by Crippen LogP contribution is 2.32. The summed E-state index contributed by atoms with van der Waals surface area (Å²) in [5, 5.41) is 2.13. The normalized spacial score (nSPS) is 11.4. The first-order valence-electron chi connectivity index (χ1n) is 6.45. The number of carbonyl (C=O) groups is 1. The van der Waals surface area contributed by atoms with Crippen molar-refractivity contribution in [3.8, 4) is 0 Å². The summed E-state index contributed by atoms with van der Waals surface area (Å²) in [6, 6.07) is 4.62. The van der Waals surface area contributed by atoms with Gasteiger partial charge in [-0.1, -0.05) is 12.1 Å². The number of hydrogen-bond acceptors (Lipinski definition) is 2. The molecule has 0 saturated heterocycles. The molecule has 23 heavy (non-hydrogen) atoms. The molecule has 122 valence electrons. The number of aromatic nitrogens is 1. The zero-order valence-corrected chi connectivity index (χ0v) is 11.8. The Balaban J connectivity index is 2.23. The van der Waals surface area contributed by atoms with E-state index in [1.54, 1.807) is 0 Å². The third-order valence-corrected chi connectivity index (χ3v) is 3.13. The average molecular weight is 330 g/mol. The summed E-state index contributed by atoms with van der Waals surface area (Å²) >= 11 is 0. The fraction of sp³-hybridized carbons (Fsp3) is 0.200. The maximum atomic E-state index is 13.5. The molecule has 2 rings (SSSR count). The molecule has 1 aromatic heterocycles. The van der Waals surface area contributed by atoms with Gasteiger partial charge in [0.1, 0.15) is 11.4 Å². The van der Waals surface area contributed by atoms with Crippen LogP contribution in [0.3, 0.4) is 0 Å². The number of halogens is 5. The van der Waals surface area contributed by atoms with E-state index in [2.05, 4.69) is 10.3 Å². The van der Waals surface area contributed by atoms with Gasteiger partial charge in [-0.05, 0) is 30.2 Å². The summed E-state index contributed by atoms with van der Waals surface area (Å²) in [6.07, 6.45) is -4.27. The quantitative estimate of drug-likeness (QED) is 0.690. The van der Waals surface area contributed by atoms with Gasteiger partial charge < -0.3 is 5.32 Å². The third-order valence-electron chi connectivity index (χ3n) is 3.13. The lowest BCUT2D eigenvalue weighted by atomic mass is 10.1. The summed E-state index contributed by atoms with van der Waals surface area (Å²) in [5.41, 5.74) is -1.89. The molecule has 1 heterocycles. The Kier molecular flexibility index (Phi) is 4.63. The number of amides is 1. The van der Waals surface area contributed by atoms with E-state index in [1.807, 2.05) is 0 Å². The van der Waals surface area contributed by atoms with E-state index >= 15 is 0 Å². The highest BCUT2D eigenvalue weighted by Gasteiger charge is 2.37. The molecule has 0 spiro atoms. The van der Waals surface area contributed by atoms with Gasteiger partial charge in [0.15, 0.2) is 0 Å². The summed E-state index contributed by atoms with van der Waals surface area (Å²) in [5.74, 6) is -3.31. The SMILES string of the molecule is Cc1ccc(CNC(=O)c2c(C(F)(F)F)ccnc2F)cc1F. The van der Waals surface area contributed by atoms with E-state index in [1.165, 1.54) is 19.1 Å². The van der Waals surface area contributed by atoms with Gasteiger partial charge in [0.25, 0.3) is 5.91 Å². The number of hydrogen-bond donors (Lipinski definition) is 1. The van der Waals surface area contributed by atoms with Gasteiger partial charge in [-0.25, -0.2) is 9.37 Å². The van der Waals surface area contributed by atoms with Crippen LogP contribution in [0.1, 0.15) is 27.0 Å². The van der Waals surface area contributed by atoms with E-state index < -0.39 is 35.0 Å². The minimum Gasteiger partial charge on any atom is -0.348 e. The first-order chi connectivity index (χ1) is 10.7. The molecule has 0 fully saturated rings. The Bertz CT molecular complexity index is 743. The molecular weight excluding hydrogens is 319 g/mol. The van der Waals surface area contributed by atoms with Gasteiger partial charge in [-0.15, -0.1) is 0 Å². The van der Waals surface area contributed by atoms with Crippen molar-refractivity contribution < 1.29 is 26.7 Å². The molecule has 0 radical (unpaired) electrons. The minimum atomic E-state index is -4.90. The third kappa shape index (κ3) is 3.82. The molecule has 8 heteroatoms. The first-order valence-corrected chi connectivity index (χ1v) is 6.45. The molecular formula is C15H11F5N2O. The van der Waals surface area contributed by atoms with Gasteiger partial charge in [0.05, 0.1) is 5.56 Å². The molecule has 0 atom stereocenters. The van der Waals surface area contributed by atoms with Crippen molar-refractivity contribution >= 4 is 5.91 Å². The standard InChI is InChI=1S/C15H11F5N2O/c1-8-2-3-9(6-11(8)16)7-22-14(23)12-10(15(18,19)20)4-5-21-13(12)17/h2-6H,7H2,1H3,(H,22,23). The number of nitrogens with one attached hydrogen (secondary N) is 1. The lowest BCUT2D eigenvalue weighted by molar-refractivity contribution is -0.138. The smallest absolute Gasteiger partial charge is 0.348 e. The van der Waals surface area contributed by atoms with E-state index in [9.17, 15) is 26.7 Å². The number of rotatable bonds is 3. The zero-order valence-electron chi connectivity index (χ0n) is 11.8. The zero-order chi connectivity index (χ0) is 17.2. The molecule has 0 saturated carbocycles. The Morgan fingerprint density at radius 3 is 2.52 bits per heavy atom. The number of alkyl halides is 3. The van der Waals surface area contributed by atoms with E-state index in [4.69, 9.17) is 0 Å². The average Bonchev–Trinajstić information content (AvgIpc) is 2.47. The van der Waals surface area contributed by atoms with Crippen LogP contribution in [0.4, 0.5) is 22.0 Å². The summed E-state index contributed by atoms with van der Waals surface area (Å²) < 4.78 is 65.4. The molecule has 2 aromatic rings. The van der Waals surface area contributed by atoms with Crippen molar-refractivity contribution in [2.75, 3.05) is 0 Å². The molecule has 0 aliphatic carbocycles. The number of nitrogens with zero attached hydrogens (tertiary/aromatic N) is 1. The van der Waals surface area contributed by atoms with Gasteiger partial charge in [0.2, 0.25) is 5.95 Å². The molecule has 1 aromatic carbocycles. The predicted octanol–water partition coefficient (Wildman–Crippen LogP) is 3.62.